The molecule has 0 radical (unpaired) electrons. The molecule has 0 saturated heterocycles. The Labute approximate surface area is 145 Å². The predicted octanol–water partition coefficient (Wildman–Crippen LogP) is 2.97. The van der Waals surface area contributed by atoms with Crippen molar-refractivity contribution in [3.63, 3.8) is 0 Å². The zero-order valence-electron chi connectivity index (χ0n) is 14.3. The zero-order chi connectivity index (χ0) is 17.8. The number of benzene rings is 2. The van der Waals surface area contributed by atoms with Gasteiger partial charge in [-0.15, -0.1) is 0 Å². The van der Waals surface area contributed by atoms with E-state index < -0.39 is 5.97 Å². The third kappa shape index (κ3) is 3.38. The van der Waals surface area contributed by atoms with Crippen molar-refractivity contribution in [2.45, 2.75) is 6.42 Å². The molecule has 6 heteroatoms. The normalized spacial score (nSPS) is 12.0. The number of methoxy groups -OCH3 is 3. The minimum absolute atomic E-state index is 0.360. The van der Waals surface area contributed by atoms with Crippen LogP contribution in [0.2, 0.25) is 0 Å². The van der Waals surface area contributed by atoms with Crippen LogP contribution < -0.4 is 19.7 Å². The molecule has 3 rings (SSSR count). The first-order chi connectivity index (χ1) is 12.2. The number of nitrogens with one attached hydrogen (secondary N) is 1. The van der Waals surface area contributed by atoms with Crippen molar-refractivity contribution in [2.75, 3.05) is 21.3 Å². The fourth-order valence-corrected chi connectivity index (χ4v) is 2.67. The third-order valence-electron chi connectivity index (χ3n) is 4.00. The molecule has 130 valence electrons. The Kier molecular flexibility index (Phi) is 4.79. The van der Waals surface area contributed by atoms with Crippen LogP contribution in [0.3, 0.4) is 0 Å². The maximum atomic E-state index is 12.3. The average Bonchev–Trinajstić information content (AvgIpc) is 3.07. The lowest BCUT2D eigenvalue weighted by Gasteiger charge is -2.12. The lowest BCUT2D eigenvalue weighted by molar-refractivity contribution is 0.0368. The summed E-state index contributed by atoms with van der Waals surface area (Å²) in [4.78, 5) is 17.5. The molecule has 25 heavy (non-hydrogen) atoms. The van der Waals surface area contributed by atoms with E-state index in [0.717, 1.165) is 29.0 Å². The summed E-state index contributed by atoms with van der Waals surface area (Å²) in [6.45, 7) is 0. The molecule has 0 unspecified atom stereocenters. The van der Waals surface area contributed by atoms with Gasteiger partial charge in [0.25, 0.3) is 0 Å². The largest absolute Gasteiger partial charge is 0.497 e. The number of fused-ring (bicyclic) bond motifs is 1. The Morgan fingerprint density at radius 1 is 0.960 bits per heavy atom. The van der Waals surface area contributed by atoms with Crippen molar-refractivity contribution in [3.8, 4) is 17.2 Å². The summed E-state index contributed by atoms with van der Waals surface area (Å²) in [5.74, 6) is 1.31. The Morgan fingerprint density at radius 3 is 2.48 bits per heavy atom. The summed E-state index contributed by atoms with van der Waals surface area (Å²) in [6, 6.07) is 10.6. The van der Waals surface area contributed by atoms with Crippen LogP contribution in [0.4, 0.5) is 0 Å². The maximum absolute atomic E-state index is 12.3. The number of rotatable bonds is 6. The molecule has 6 nitrogen and oxygen atoms in total. The van der Waals surface area contributed by atoms with E-state index in [1.54, 1.807) is 25.3 Å². The van der Waals surface area contributed by atoms with E-state index in [9.17, 15) is 4.79 Å². The van der Waals surface area contributed by atoms with Crippen LogP contribution in [0.25, 0.3) is 5.70 Å². The second-order valence-corrected chi connectivity index (χ2v) is 5.41. The fraction of sp³-hybridized carbons (Fsp3) is 0.211. The molecule has 0 atom stereocenters. The number of ether oxygens (including phenoxy) is 3. The zero-order valence-corrected chi connectivity index (χ0v) is 14.3. The molecule has 1 aliphatic rings. The molecule has 0 aliphatic heterocycles. The highest BCUT2D eigenvalue weighted by Gasteiger charge is 2.17. The first-order valence-corrected chi connectivity index (χ1v) is 7.73. The second kappa shape index (κ2) is 7.17. The smallest absolute Gasteiger partial charge is 0.362 e. The molecular formula is C19H19NO5. The summed E-state index contributed by atoms with van der Waals surface area (Å²) in [5, 5.41) is 0. The van der Waals surface area contributed by atoms with Gasteiger partial charge in [0.15, 0.2) is 11.5 Å². The van der Waals surface area contributed by atoms with Gasteiger partial charge < -0.3 is 19.0 Å². The summed E-state index contributed by atoms with van der Waals surface area (Å²) in [5.41, 5.74) is 5.96. The molecule has 0 bridgehead atoms. The van der Waals surface area contributed by atoms with Crippen molar-refractivity contribution >= 4 is 11.7 Å². The van der Waals surface area contributed by atoms with E-state index in [1.807, 2.05) is 24.3 Å². The van der Waals surface area contributed by atoms with Crippen molar-refractivity contribution < 1.29 is 23.8 Å². The lowest BCUT2D eigenvalue weighted by atomic mass is 10.1. The highest BCUT2D eigenvalue weighted by molar-refractivity contribution is 5.90. The number of carbonyl (C=O) groups excluding carboxylic acids is 1. The van der Waals surface area contributed by atoms with Gasteiger partial charge in [-0.05, 0) is 48.4 Å². The summed E-state index contributed by atoms with van der Waals surface area (Å²) >= 11 is 0. The maximum Gasteiger partial charge on any atom is 0.362 e. The van der Waals surface area contributed by atoms with Crippen molar-refractivity contribution in [1.29, 1.82) is 0 Å². The minimum Gasteiger partial charge on any atom is -0.497 e. The van der Waals surface area contributed by atoms with Crippen LogP contribution in [0.15, 0.2) is 42.5 Å². The van der Waals surface area contributed by atoms with Gasteiger partial charge in [0.2, 0.25) is 0 Å². The molecule has 1 aliphatic carbocycles. The van der Waals surface area contributed by atoms with Crippen LogP contribution in [0.1, 0.15) is 21.5 Å². The molecule has 0 amide bonds. The predicted molar refractivity (Wildman–Crippen MR) is 92.8 cm³/mol. The van der Waals surface area contributed by atoms with Crippen molar-refractivity contribution in [2.24, 2.45) is 0 Å². The van der Waals surface area contributed by atoms with Crippen LogP contribution in [-0.2, 0) is 11.3 Å². The van der Waals surface area contributed by atoms with Gasteiger partial charge in [-0.2, -0.15) is 0 Å². The van der Waals surface area contributed by atoms with Gasteiger partial charge >= 0.3 is 5.97 Å². The van der Waals surface area contributed by atoms with Gasteiger partial charge in [0, 0.05) is 5.56 Å². The summed E-state index contributed by atoms with van der Waals surface area (Å²) in [7, 11) is 4.68. The Morgan fingerprint density at radius 2 is 1.76 bits per heavy atom. The molecule has 0 fully saturated rings. The topological polar surface area (TPSA) is 66.0 Å². The molecule has 2 aromatic carbocycles. The second-order valence-electron chi connectivity index (χ2n) is 5.41. The van der Waals surface area contributed by atoms with Crippen molar-refractivity contribution in [3.05, 3.63) is 59.2 Å². The number of carbonyl (C=O) groups is 1. The van der Waals surface area contributed by atoms with E-state index in [4.69, 9.17) is 19.0 Å². The van der Waals surface area contributed by atoms with Crippen molar-refractivity contribution in [1.82, 2.24) is 5.48 Å². The van der Waals surface area contributed by atoms with E-state index in [1.165, 1.54) is 14.2 Å². The van der Waals surface area contributed by atoms with E-state index in [-0.39, 0.29) is 0 Å². The number of hydroxylamine groups is 1. The Hall–Kier alpha value is -3.15. The summed E-state index contributed by atoms with van der Waals surface area (Å²) in [6.07, 6.45) is 2.72. The fourth-order valence-electron chi connectivity index (χ4n) is 2.67. The highest BCUT2D eigenvalue weighted by atomic mass is 16.7. The monoisotopic (exact) mass is 341 g/mol. The van der Waals surface area contributed by atoms with Crippen LogP contribution >= 0.6 is 0 Å². The summed E-state index contributed by atoms with van der Waals surface area (Å²) < 4.78 is 15.6. The molecule has 1 N–H and O–H groups in total. The highest BCUT2D eigenvalue weighted by Crippen LogP contribution is 2.30. The minimum atomic E-state index is -0.510. The number of hydrogen-bond acceptors (Lipinski definition) is 6. The number of hydrogen-bond donors (Lipinski definition) is 1. The lowest BCUT2D eigenvalue weighted by Crippen LogP contribution is -2.18. The van der Waals surface area contributed by atoms with Gasteiger partial charge in [-0.25, -0.2) is 10.3 Å². The molecule has 2 aromatic rings. The first kappa shape index (κ1) is 16.7. The molecule has 0 heterocycles. The van der Waals surface area contributed by atoms with E-state index in [2.05, 4.69) is 5.48 Å². The molecule has 0 aromatic heterocycles. The van der Waals surface area contributed by atoms with Gasteiger partial charge in [0.1, 0.15) is 5.75 Å². The number of allylic oxidation sites excluding steroid dienone is 1. The van der Waals surface area contributed by atoms with Crippen LogP contribution in [-0.4, -0.2) is 27.3 Å². The standard InChI is InChI=1S/C19H19NO5/c1-22-14-6-7-15-12(10-14)4-8-16(15)20-25-19(21)13-5-9-17(23-2)18(11-13)24-3/h5-11,20H,4H2,1-3H3. The molecular weight excluding hydrogens is 322 g/mol. The van der Waals surface area contributed by atoms with E-state index in [0.29, 0.717) is 17.1 Å². The van der Waals surface area contributed by atoms with Crippen LogP contribution in [0.5, 0.6) is 17.2 Å². The average molecular weight is 341 g/mol. The SMILES string of the molecule is COc1ccc2c(c1)CC=C2NOC(=O)c1ccc(OC)c(OC)c1. The van der Waals surface area contributed by atoms with E-state index >= 15 is 0 Å². The van der Waals surface area contributed by atoms with Gasteiger partial charge in [-0.3, -0.25) is 0 Å². The molecule has 0 spiro atoms. The quantitative estimate of drug-likeness (QED) is 0.815. The van der Waals surface area contributed by atoms with Gasteiger partial charge in [0.05, 0.1) is 32.6 Å². The third-order valence-corrected chi connectivity index (χ3v) is 4.00. The first-order valence-electron chi connectivity index (χ1n) is 7.73. The Bertz CT molecular complexity index is 829. The van der Waals surface area contributed by atoms with Crippen LogP contribution in [0, 0.1) is 0 Å². The molecule has 0 saturated carbocycles. The Balaban J connectivity index is 1.68. The van der Waals surface area contributed by atoms with Gasteiger partial charge in [-0.1, -0.05) is 6.08 Å².